The number of anilines is 1. The van der Waals surface area contributed by atoms with Crippen molar-refractivity contribution in [3.8, 4) is 0 Å². The molecule has 130 valence electrons. The third-order valence-corrected chi connectivity index (χ3v) is 4.10. The molecule has 0 fully saturated rings. The van der Waals surface area contributed by atoms with Gasteiger partial charge in [0, 0.05) is 30.8 Å². The fourth-order valence-electron chi connectivity index (χ4n) is 2.89. The summed E-state index contributed by atoms with van der Waals surface area (Å²) in [5, 5.41) is 9.80. The topological polar surface area (TPSA) is 93.1 Å². The Hall–Kier alpha value is -2.96. The van der Waals surface area contributed by atoms with Crippen LogP contribution >= 0.6 is 0 Å². The van der Waals surface area contributed by atoms with Crippen molar-refractivity contribution in [1.29, 1.82) is 0 Å². The molecule has 2 amide bonds. The van der Waals surface area contributed by atoms with Crippen LogP contribution in [-0.4, -0.2) is 28.1 Å². The molecule has 2 N–H and O–H groups in total. The van der Waals surface area contributed by atoms with Gasteiger partial charge in [0.25, 0.3) is 11.5 Å². The Kier molecular flexibility index (Phi) is 4.92. The number of hydrogen-bond acceptors (Lipinski definition) is 4. The van der Waals surface area contributed by atoms with Gasteiger partial charge >= 0.3 is 0 Å². The van der Waals surface area contributed by atoms with E-state index in [1.807, 2.05) is 0 Å². The zero-order chi connectivity index (χ0) is 17.8. The van der Waals surface area contributed by atoms with Gasteiger partial charge in [0.2, 0.25) is 5.91 Å². The molecular formula is C18H20N4O3. The second-order valence-corrected chi connectivity index (χ2v) is 6.05. The van der Waals surface area contributed by atoms with Gasteiger partial charge in [0.1, 0.15) is 0 Å². The Morgan fingerprint density at radius 2 is 1.96 bits per heavy atom. The molecule has 1 aromatic carbocycles. The summed E-state index contributed by atoms with van der Waals surface area (Å²) in [6, 6.07) is 8.27. The molecule has 0 saturated heterocycles. The second-order valence-electron chi connectivity index (χ2n) is 6.05. The van der Waals surface area contributed by atoms with Crippen LogP contribution in [0.25, 0.3) is 0 Å². The number of nitrogens with zero attached hydrogens (tertiary/aromatic N) is 2. The van der Waals surface area contributed by atoms with E-state index in [1.165, 1.54) is 11.6 Å². The summed E-state index contributed by atoms with van der Waals surface area (Å²) >= 11 is 0. The standard InChI is InChI=1S/C18H20N4O3/c1-12(23)20-15-7-5-13(6-8-15)18(25)19-9-10-22-17(24)11-14-3-2-4-16(14)21-22/h5-8,11H,2-4,9-10H2,1H3,(H,19,25)(H,20,23). The zero-order valence-electron chi connectivity index (χ0n) is 14.0. The lowest BCUT2D eigenvalue weighted by Crippen LogP contribution is -2.32. The summed E-state index contributed by atoms with van der Waals surface area (Å²) in [4.78, 5) is 35.1. The maximum absolute atomic E-state index is 12.1. The van der Waals surface area contributed by atoms with Gasteiger partial charge in [-0.3, -0.25) is 14.4 Å². The van der Waals surface area contributed by atoms with E-state index in [4.69, 9.17) is 0 Å². The lowest BCUT2D eigenvalue weighted by Gasteiger charge is -2.09. The minimum Gasteiger partial charge on any atom is -0.350 e. The van der Waals surface area contributed by atoms with E-state index in [2.05, 4.69) is 15.7 Å². The van der Waals surface area contributed by atoms with E-state index in [1.54, 1.807) is 30.3 Å². The van der Waals surface area contributed by atoms with Crippen molar-refractivity contribution >= 4 is 17.5 Å². The van der Waals surface area contributed by atoms with Crippen LogP contribution in [0.2, 0.25) is 0 Å². The van der Waals surface area contributed by atoms with Crippen molar-refractivity contribution in [2.45, 2.75) is 32.7 Å². The molecule has 7 heteroatoms. The Morgan fingerprint density at radius 3 is 2.68 bits per heavy atom. The molecule has 0 atom stereocenters. The van der Waals surface area contributed by atoms with Crippen molar-refractivity contribution in [3.63, 3.8) is 0 Å². The van der Waals surface area contributed by atoms with Crippen molar-refractivity contribution < 1.29 is 9.59 Å². The molecular weight excluding hydrogens is 320 g/mol. The van der Waals surface area contributed by atoms with Gasteiger partial charge in [-0.25, -0.2) is 4.68 Å². The summed E-state index contributed by atoms with van der Waals surface area (Å²) in [7, 11) is 0. The van der Waals surface area contributed by atoms with Crippen LogP contribution in [0.3, 0.4) is 0 Å². The number of carbonyl (C=O) groups excluding carboxylic acids is 2. The number of carbonyl (C=O) groups is 2. The zero-order valence-corrected chi connectivity index (χ0v) is 14.0. The van der Waals surface area contributed by atoms with Gasteiger partial charge in [-0.1, -0.05) is 0 Å². The van der Waals surface area contributed by atoms with Crippen LogP contribution < -0.4 is 16.2 Å². The first kappa shape index (κ1) is 16.9. The molecule has 0 unspecified atom stereocenters. The highest BCUT2D eigenvalue weighted by Gasteiger charge is 2.14. The average Bonchev–Trinajstić information content (AvgIpc) is 3.02. The lowest BCUT2D eigenvalue weighted by atomic mass is 10.2. The van der Waals surface area contributed by atoms with Crippen LogP contribution in [-0.2, 0) is 24.2 Å². The Morgan fingerprint density at radius 1 is 1.20 bits per heavy atom. The summed E-state index contributed by atoms with van der Waals surface area (Å²) in [5.74, 6) is -0.395. The van der Waals surface area contributed by atoms with Gasteiger partial charge in [0.15, 0.2) is 0 Å². The molecule has 0 bridgehead atoms. The largest absolute Gasteiger partial charge is 0.350 e. The lowest BCUT2D eigenvalue weighted by molar-refractivity contribution is -0.114. The van der Waals surface area contributed by atoms with Gasteiger partial charge in [-0.15, -0.1) is 0 Å². The average molecular weight is 340 g/mol. The minimum atomic E-state index is -0.233. The molecule has 2 aromatic rings. The van der Waals surface area contributed by atoms with Crippen molar-refractivity contribution in [1.82, 2.24) is 15.1 Å². The molecule has 25 heavy (non-hydrogen) atoms. The van der Waals surface area contributed by atoms with E-state index in [0.717, 1.165) is 30.5 Å². The number of benzene rings is 1. The molecule has 0 aliphatic heterocycles. The predicted molar refractivity (Wildman–Crippen MR) is 93.6 cm³/mol. The first-order chi connectivity index (χ1) is 12.0. The quantitative estimate of drug-likeness (QED) is 0.853. The highest BCUT2D eigenvalue weighted by atomic mass is 16.2. The molecule has 1 aliphatic rings. The summed E-state index contributed by atoms with van der Waals surface area (Å²) in [6.07, 6.45) is 2.86. The molecule has 0 saturated carbocycles. The van der Waals surface area contributed by atoms with Gasteiger partial charge < -0.3 is 10.6 Å². The summed E-state index contributed by atoms with van der Waals surface area (Å²) < 4.78 is 1.41. The van der Waals surface area contributed by atoms with E-state index >= 15 is 0 Å². The minimum absolute atomic E-state index is 0.130. The third kappa shape index (κ3) is 4.12. The van der Waals surface area contributed by atoms with Crippen molar-refractivity contribution in [3.05, 3.63) is 57.5 Å². The molecule has 0 spiro atoms. The van der Waals surface area contributed by atoms with Crippen LogP contribution in [0, 0.1) is 0 Å². The van der Waals surface area contributed by atoms with Crippen molar-refractivity contribution in [2.24, 2.45) is 0 Å². The molecule has 1 aliphatic carbocycles. The van der Waals surface area contributed by atoms with E-state index < -0.39 is 0 Å². The number of hydrogen-bond donors (Lipinski definition) is 2. The number of rotatable bonds is 5. The fraction of sp³-hybridized carbons (Fsp3) is 0.333. The van der Waals surface area contributed by atoms with Crippen LogP contribution in [0.4, 0.5) is 5.69 Å². The number of aryl methyl sites for hydroxylation is 2. The highest BCUT2D eigenvalue weighted by Crippen LogP contribution is 2.16. The highest BCUT2D eigenvalue weighted by molar-refractivity contribution is 5.95. The number of nitrogens with one attached hydrogen (secondary N) is 2. The van der Waals surface area contributed by atoms with Gasteiger partial charge in [-0.05, 0) is 49.1 Å². The molecule has 7 nitrogen and oxygen atoms in total. The van der Waals surface area contributed by atoms with Gasteiger partial charge in [0.05, 0.1) is 12.2 Å². The number of fused-ring (bicyclic) bond motifs is 1. The van der Waals surface area contributed by atoms with Crippen molar-refractivity contribution in [2.75, 3.05) is 11.9 Å². The molecule has 1 heterocycles. The summed E-state index contributed by atoms with van der Waals surface area (Å²) in [5.41, 5.74) is 3.03. The van der Waals surface area contributed by atoms with E-state index in [0.29, 0.717) is 24.3 Å². The maximum Gasteiger partial charge on any atom is 0.267 e. The van der Waals surface area contributed by atoms with Crippen LogP contribution in [0.15, 0.2) is 35.1 Å². The Bertz CT molecular complexity index is 856. The van der Waals surface area contributed by atoms with Crippen LogP contribution in [0.5, 0.6) is 0 Å². The first-order valence-electron chi connectivity index (χ1n) is 8.29. The number of amides is 2. The molecule has 0 radical (unpaired) electrons. The van der Waals surface area contributed by atoms with Crippen LogP contribution in [0.1, 0.15) is 35.0 Å². The Balaban J connectivity index is 1.56. The fourth-order valence-corrected chi connectivity index (χ4v) is 2.89. The van der Waals surface area contributed by atoms with E-state index in [-0.39, 0.29) is 17.4 Å². The molecule has 1 aromatic heterocycles. The predicted octanol–water partition coefficient (Wildman–Crippen LogP) is 1.12. The SMILES string of the molecule is CC(=O)Nc1ccc(C(=O)NCCn2nc3c(cc2=O)CCC3)cc1. The smallest absolute Gasteiger partial charge is 0.267 e. The monoisotopic (exact) mass is 340 g/mol. The second kappa shape index (κ2) is 7.29. The first-order valence-corrected chi connectivity index (χ1v) is 8.29. The number of aromatic nitrogens is 2. The molecule has 3 rings (SSSR count). The Labute approximate surface area is 145 Å². The summed E-state index contributed by atoms with van der Waals surface area (Å²) in [6.45, 7) is 2.08. The van der Waals surface area contributed by atoms with E-state index in [9.17, 15) is 14.4 Å². The van der Waals surface area contributed by atoms with Gasteiger partial charge in [-0.2, -0.15) is 5.10 Å². The maximum atomic E-state index is 12.1. The third-order valence-electron chi connectivity index (χ3n) is 4.10. The normalized spacial score (nSPS) is 12.5.